The average Bonchev–Trinajstić information content (AvgIpc) is 3.31. The number of hydrogen-bond acceptors (Lipinski definition) is 7. The van der Waals surface area contributed by atoms with Gasteiger partial charge in [0.2, 0.25) is 10.0 Å². The van der Waals surface area contributed by atoms with Crippen LogP contribution in [-0.4, -0.2) is 43.4 Å². The molecule has 2 atom stereocenters. The van der Waals surface area contributed by atoms with Crippen LogP contribution in [0.4, 0.5) is 0 Å². The molecule has 1 aliphatic heterocycles. The van der Waals surface area contributed by atoms with Crippen molar-refractivity contribution in [2.75, 3.05) is 13.2 Å². The zero-order valence-electron chi connectivity index (χ0n) is 18.5. The van der Waals surface area contributed by atoms with Crippen molar-refractivity contribution in [3.05, 3.63) is 75.7 Å². The molecule has 1 aromatic heterocycles. The van der Waals surface area contributed by atoms with Crippen LogP contribution in [0, 0.1) is 6.92 Å². The molecule has 174 valence electrons. The fourth-order valence-corrected chi connectivity index (χ4v) is 6.25. The first-order valence-corrected chi connectivity index (χ1v) is 13.0. The Labute approximate surface area is 198 Å². The van der Waals surface area contributed by atoms with Crippen LogP contribution >= 0.6 is 11.3 Å². The maximum atomic E-state index is 13.5. The predicted octanol–water partition coefficient (Wildman–Crippen LogP) is 4.12. The summed E-state index contributed by atoms with van der Waals surface area (Å²) in [6.07, 6.45) is 2.22. The van der Waals surface area contributed by atoms with E-state index in [1.807, 2.05) is 32.0 Å². The summed E-state index contributed by atoms with van der Waals surface area (Å²) in [6.45, 7) is 5.07. The molecule has 0 bridgehead atoms. The number of rotatable bonds is 8. The minimum atomic E-state index is -3.74. The smallest absolute Gasteiger partial charge is 0.293 e. The standard InChI is InChI=1S/C24H26N2O5S2/c1-3-20-13-26(33(28,29)24-7-5-4-6-22(24)31-20)12-19-10-18(9-8-17(19)2)21(14-30-16-27)23-11-25-15-32-23/h4-11,15-16,20-21H,3,12-14H2,1-2H3/t20-,21?/m1/s1. The van der Waals surface area contributed by atoms with Gasteiger partial charge in [-0.15, -0.1) is 11.3 Å². The molecule has 0 amide bonds. The van der Waals surface area contributed by atoms with Gasteiger partial charge in [-0.3, -0.25) is 9.78 Å². The van der Waals surface area contributed by atoms with Crippen LogP contribution in [0.1, 0.15) is 40.8 Å². The number of hydrogen-bond donors (Lipinski definition) is 0. The number of fused-ring (bicyclic) bond motifs is 1. The number of nitrogens with zero attached hydrogens (tertiary/aromatic N) is 2. The topological polar surface area (TPSA) is 85.8 Å². The van der Waals surface area contributed by atoms with Crippen molar-refractivity contribution in [2.24, 2.45) is 0 Å². The van der Waals surface area contributed by atoms with E-state index in [0.717, 1.165) is 21.6 Å². The van der Waals surface area contributed by atoms with Crippen LogP contribution in [-0.2, 0) is 26.1 Å². The highest BCUT2D eigenvalue weighted by molar-refractivity contribution is 7.89. The number of carbonyl (C=O) groups is 1. The van der Waals surface area contributed by atoms with Gasteiger partial charge in [0.05, 0.1) is 18.0 Å². The third-order valence-electron chi connectivity index (χ3n) is 5.87. The number of aryl methyl sites for hydroxylation is 1. The van der Waals surface area contributed by atoms with Crippen molar-refractivity contribution in [3.8, 4) is 5.75 Å². The van der Waals surface area contributed by atoms with Gasteiger partial charge in [0, 0.05) is 17.6 Å². The fourth-order valence-electron chi connectivity index (χ4n) is 3.95. The molecule has 0 aliphatic carbocycles. The summed E-state index contributed by atoms with van der Waals surface area (Å²) in [4.78, 5) is 16.2. The number of ether oxygens (including phenoxy) is 2. The normalized spacial score (nSPS) is 18.5. The van der Waals surface area contributed by atoms with E-state index in [2.05, 4.69) is 4.98 Å². The summed E-state index contributed by atoms with van der Waals surface area (Å²) in [7, 11) is -3.74. The van der Waals surface area contributed by atoms with Crippen molar-refractivity contribution < 1.29 is 22.7 Å². The lowest BCUT2D eigenvalue weighted by molar-refractivity contribution is -0.128. The van der Waals surface area contributed by atoms with Crippen LogP contribution in [0.15, 0.2) is 59.1 Å². The second-order valence-corrected chi connectivity index (χ2v) is 10.8. The number of aromatic nitrogens is 1. The highest BCUT2D eigenvalue weighted by atomic mass is 32.2. The van der Waals surface area contributed by atoms with Crippen LogP contribution in [0.25, 0.3) is 0 Å². The van der Waals surface area contributed by atoms with Crippen LogP contribution in [0.2, 0.25) is 0 Å². The molecular formula is C24H26N2O5S2. The van der Waals surface area contributed by atoms with E-state index < -0.39 is 10.0 Å². The van der Waals surface area contributed by atoms with Crippen molar-refractivity contribution in [3.63, 3.8) is 0 Å². The van der Waals surface area contributed by atoms with Crippen LogP contribution < -0.4 is 4.74 Å². The van der Waals surface area contributed by atoms with Crippen LogP contribution in [0.5, 0.6) is 5.75 Å². The molecule has 0 fully saturated rings. The molecule has 9 heteroatoms. The van der Waals surface area contributed by atoms with Gasteiger partial charge in [0.1, 0.15) is 23.4 Å². The van der Waals surface area contributed by atoms with Gasteiger partial charge in [-0.2, -0.15) is 4.31 Å². The highest BCUT2D eigenvalue weighted by Gasteiger charge is 2.34. The van der Waals surface area contributed by atoms with Gasteiger partial charge in [-0.05, 0) is 42.2 Å². The monoisotopic (exact) mass is 486 g/mol. The number of carbonyl (C=O) groups excluding carboxylic acids is 1. The second kappa shape index (κ2) is 10.0. The summed E-state index contributed by atoms with van der Waals surface area (Å²) >= 11 is 1.49. The van der Waals surface area contributed by atoms with E-state index in [0.29, 0.717) is 18.6 Å². The Bertz CT molecular complexity index is 1210. The molecule has 2 aromatic carbocycles. The van der Waals surface area contributed by atoms with Crippen molar-refractivity contribution in [1.29, 1.82) is 0 Å². The third-order valence-corrected chi connectivity index (χ3v) is 8.61. The first-order chi connectivity index (χ1) is 15.9. The summed E-state index contributed by atoms with van der Waals surface area (Å²) < 4.78 is 39.7. The van der Waals surface area contributed by atoms with Crippen molar-refractivity contribution in [1.82, 2.24) is 9.29 Å². The Morgan fingerprint density at radius 2 is 2.12 bits per heavy atom. The lowest BCUT2D eigenvalue weighted by Gasteiger charge is -2.24. The number of benzene rings is 2. The Morgan fingerprint density at radius 3 is 2.85 bits per heavy atom. The largest absolute Gasteiger partial charge is 0.488 e. The first-order valence-electron chi connectivity index (χ1n) is 10.7. The second-order valence-electron chi connectivity index (χ2n) is 7.96. The van der Waals surface area contributed by atoms with Gasteiger partial charge in [-0.25, -0.2) is 8.42 Å². The first kappa shape index (κ1) is 23.4. The fraction of sp³-hybridized carbons (Fsp3) is 0.333. The average molecular weight is 487 g/mol. The van der Waals surface area contributed by atoms with Gasteiger partial charge in [0.15, 0.2) is 0 Å². The zero-order valence-corrected chi connectivity index (χ0v) is 20.1. The number of sulfonamides is 1. The summed E-state index contributed by atoms with van der Waals surface area (Å²) in [5.74, 6) is 0.226. The minimum Gasteiger partial charge on any atom is -0.488 e. The maximum absolute atomic E-state index is 13.5. The van der Waals surface area contributed by atoms with E-state index in [-0.39, 0.29) is 36.6 Å². The number of para-hydroxylation sites is 1. The van der Waals surface area contributed by atoms with Crippen molar-refractivity contribution in [2.45, 2.75) is 43.7 Å². The number of thiazole rings is 1. The van der Waals surface area contributed by atoms with E-state index in [1.54, 1.807) is 36.0 Å². The van der Waals surface area contributed by atoms with Crippen molar-refractivity contribution >= 4 is 27.8 Å². The van der Waals surface area contributed by atoms with E-state index in [1.165, 1.54) is 15.6 Å². The summed E-state index contributed by atoms with van der Waals surface area (Å²) in [5, 5.41) is 0. The quantitative estimate of drug-likeness (QED) is 0.445. The Morgan fingerprint density at radius 1 is 1.30 bits per heavy atom. The summed E-state index contributed by atoms with van der Waals surface area (Å²) in [5.41, 5.74) is 4.56. The minimum absolute atomic E-state index is 0.171. The van der Waals surface area contributed by atoms with Gasteiger partial charge < -0.3 is 9.47 Å². The lowest BCUT2D eigenvalue weighted by atomic mass is 9.94. The molecule has 3 aromatic rings. The van der Waals surface area contributed by atoms with Gasteiger partial charge in [0.25, 0.3) is 6.47 Å². The van der Waals surface area contributed by atoms with E-state index in [9.17, 15) is 13.2 Å². The lowest BCUT2D eigenvalue weighted by Crippen LogP contribution is -2.36. The van der Waals surface area contributed by atoms with E-state index >= 15 is 0 Å². The molecular weight excluding hydrogens is 460 g/mol. The maximum Gasteiger partial charge on any atom is 0.293 e. The molecule has 0 N–H and O–H groups in total. The van der Waals surface area contributed by atoms with Gasteiger partial charge in [-0.1, -0.05) is 37.3 Å². The molecule has 0 spiro atoms. The Hall–Kier alpha value is -2.75. The summed E-state index contributed by atoms with van der Waals surface area (Å²) in [6, 6.07) is 12.8. The molecule has 1 unspecified atom stereocenters. The third kappa shape index (κ3) is 4.95. The predicted molar refractivity (Wildman–Crippen MR) is 126 cm³/mol. The molecule has 0 radical (unpaired) electrons. The van der Waals surface area contributed by atoms with E-state index in [4.69, 9.17) is 9.47 Å². The van der Waals surface area contributed by atoms with Gasteiger partial charge >= 0.3 is 0 Å². The molecule has 1 aliphatic rings. The Balaban J connectivity index is 1.70. The molecule has 7 nitrogen and oxygen atoms in total. The Kier molecular flexibility index (Phi) is 7.11. The molecule has 33 heavy (non-hydrogen) atoms. The molecule has 0 saturated heterocycles. The molecule has 2 heterocycles. The SMILES string of the molecule is CC[C@@H]1CN(Cc2cc(C(COC=O)c3cncs3)ccc2C)S(=O)(=O)c2ccccc2O1. The zero-order chi connectivity index (χ0) is 23.4. The van der Waals surface area contributed by atoms with Crippen LogP contribution in [0.3, 0.4) is 0 Å². The molecule has 4 rings (SSSR count). The highest BCUT2D eigenvalue weighted by Crippen LogP contribution is 2.34. The molecule has 0 saturated carbocycles.